The molecular formula is C21H31N5OS. The fourth-order valence-corrected chi connectivity index (χ4v) is 5.83. The van der Waals surface area contributed by atoms with Crippen molar-refractivity contribution in [3.8, 4) is 6.19 Å². The maximum atomic E-state index is 9.19. The Balaban J connectivity index is 1.61. The summed E-state index contributed by atoms with van der Waals surface area (Å²) in [6.07, 6.45) is 11.7. The van der Waals surface area contributed by atoms with Gasteiger partial charge in [0, 0.05) is 23.7 Å². The standard InChI is InChI=1S/C21H31N5OS/c1-21(2,3)18-12-26(11-16-5-4-8-27-16)20(28-18)25-19(23-13-22)24-17-10-14-6-7-15(17)9-14/h12,14-17H,4-11H2,1-3H3,(H,23,24)/b25-20-/t14-,15+,16-,17+/m1/s1. The maximum Gasteiger partial charge on any atom is 0.236 e. The summed E-state index contributed by atoms with van der Waals surface area (Å²) in [5.74, 6) is 2.00. The Morgan fingerprint density at radius 3 is 2.82 bits per heavy atom. The summed E-state index contributed by atoms with van der Waals surface area (Å²) < 4.78 is 8.04. The number of aliphatic imine (C=N–C) groups is 1. The van der Waals surface area contributed by atoms with E-state index in [1.165, 1.54) is 30.6 Å². The summed E-state index contributed by atoms with van der Waals surface area (Å²) >= 11 is 1.69. The zero-order valence-electron chi connectivity index (χ0n) is 17.1. The van der Waals surface area contributed by atoms with E-state index in [1.54, 1.807) is 11.3 Å². The van der Waals surface area contributed by atoms with E-state index in [4.69, 9.17) is 9.73 Å². The molecule has 6 nitrogen and oxygen atoms in total. The average Bonchev–Trinajstić information content (AvgIpc) is 3.40. The molecule has 4 rings (SSSR count). The molecule has 0 spiro atoms. The van der Waals surface area contributed by atoms with Gasteiger partial charge in [0.25, 0.3) is 0 Å². The molecule has 0 aromatic carbocycles. The number of hydrogen-bond acceptors (Lipinski definition) is 4. The van der Waals surface area contributed by atoms with E-state index in [0.29, 0.717) is 17.9 Å². The van der Waals surface area contributed by atoms with Crippen LogP contribution in [0.15, 0.2) is 16.2 Å². The maximum absolute atomic E-state index is 9.19. The molecule has 7 heteroatoms. The van der Waals surface area contributed by atoms with Crippen LogP contribution in [-0.4, -0.2) is 29.3 Å². The van der Waals surface area contributed by atoms with Crippen molar-refractivity contribution >= 4 is 17.3 Å². The second-order valence-electron chi connectivity index (χ2n) is 9.49. The Kier molecular flexibility index (Phi) is 5.62. The first-order valence-electron chi connectivity index (χ1n) is 10.5. The highest BCUT2D eigenvalue weighted by molar-refractivity contribution is 7.09. The van der Waals surface area contributed by atoms with Gasteiger partial charge < -0.3 is 14.6 Å². The first-order chi connectivity index (χ1) is 13.4. The van der Waals surface area contributed by atoms with Gasteiger partial charge in [-0.2, -0.15) is 10.3 Å². The van der Waals surface area contributed by atoms with Gasteiger partial charge in [-0.3, -0.25) is 0 Å². The summed E-state index contributed by atoms with van der Waals surface area (Å²) in [4.78, 5) is 11.0. The minimum absolute atomic E-state index is 0.0568. The van der Waals surface area contributed by atoms with Gasteiger partial charge in [-0.15, -0.1) is 16.3 Å². The highest BCUT2D eigenvalue weighted by Crippen LogP contribution is 2.44. The second kappa shape index (κ2) is 8.00. The summed E-state index contributed by atoms with van der Waals surface area (Å²) in [5, 5.41) is 12.7. The average molecular weight is 402 g/mol. The Morgan fingerprint density at radius 1 is 1.36 bits per heavy atom. The number of thiazole rings is 1. The van der Waals surface area contributed by atoms with Gasteiger partial charge in [0.15, 0.2) is 4.80 Å². The molecule has 4 atom stereocenters. The van der Waals surface area contributed by atoms with Gasteiger partial charge in [0.05, 0.1) is 12.6 Å². The third-order valence-electron chi connectivity index (χ3n) is 6.29. The van der Waals surface area contributed by atoms with Gasteiger partial charge in [0.2, 0.25) is 12.2 Å². The van der Waals surface area contributed by atoms with E-state index in [1.807, 2.05) is 6.19 Å². The molecule has 1 aliphatic heterocycles. The molecule has 0 unspecified atom stereocenters. The second-order valence-corrected chi connectivity index (χ2v) is 10.5. The van der Waals surface area contributed by atoms with Crippen LogP contribution >= 0.6 is 11.3 Å². The molecule has 28 heavy (non-hydrogen) atoms. The lowest BCUT2D eigenvalue weighted by Crippen LogP contribution is -2.38. The molecule has 3 aliphatic rings. The van der Waals surface area contributed by atoms with Crippen molar-refractivity contribution in [2.45, 2.75) is 83.4 Å². The van der Waals surface area contributed by atoms with Crippen LogP contribution in [0.5, 0.6) is 0 Å². The Hall–Kier alpha value is -1.65. The molecule has 0 amide bonds. The smallest absolute Gasteiger partial charge is 0.236 e. The zero-order chi connectivity index (χ0) is 19.7. The van der Waals surface area contributed by atoms with Crippen LogP contribution in [-0.2, 0) is 16.7 Å². The Morgan fingerprint density at radius 2 is 2.21 bits per heavy atom. The Labute approximate surface area is 171 Å². The molecule has 0 radical (unpaired) electrons. The molecule has 3 fully saturated rings. The fourth-order valence-electron chi connectivity index (χ4n) is 4.77. The third-order valence-corrected chi connectivity index (χ3v) is 7.74. The molecule has 1 aromatic rings. The van der Waals surface area contributed by atoms with Crippen molar-refractivity contribution in [1.29, 1.82) is 5.26 Å². The number of fused-ring (bicyclic) bond motifs is 2. The van der Waals surface area contributed by atoms with Gasteiger partial charge in [-0.05, 0) is 49.4 Å². The number of guanidine groups is 1. The fraction of sp³-hybridized carbons (Fsp3) is 0.762. The van der Waals surface area contributed by atoms with E-state index < -0.39 is 0 Å². The van der Waals surface area contributed by atoms with Gasteiger partial charge in [-0.1, -0.05) is 27.2 Å². The van der Waals surface area contributed by atoms with Gasteiger partial charge in [-0.25, -0.2) is 0 Å². The van der Waals surface area contributed by atoms with Crippen LogP contribution in [0.1, 0.15) is 64.2 Å². The van der Waals surface area contributed by atoms with Crippen LogP contribution in [0, 0.1) is 23.3 Å². The number of hydrogen-bond donors (Lipinski definition) is 1. The van der Waals surface area contributed by atoms with Crippen LogP contribution < -0.4 is 10.1 Å². The lowest BCUT2D eigenvalue weighted by molar-refractivity contribution is 0.0963. The number of nitrogens with one attached hydrogen (secondary N) is 1. The van der Waals surface area contributed by atoms with Crippen molar-refractivity contribution in [3.63, 3.8) is 0 Å². The number of nitriles is 1. The van der Waals surface area contributed by atoms with Crippen molar-refractivity contribution in [2.24, 2.45) is 21.8 Å². The summed E-state index contributed by atoms with van der Waals surface area (Å²) in [7, 11) is 0. The molecule has 2 heterocycles. The molecule has 2 saturated carbocycles. The van der Waals surface area contributed by atoms with Crippen LogP contribution in [0.4, 0.5) is 0 Å². The predicted octanol–water partition coefficient (Wildman–Crippen LogP) is 3.54. The zero-order valence-corrected chi connectivity index (χ0v) is 18.0. The topological polar surface area (TPSA) is 74.7 Å². The van der Waals surface area contributed by atoms with Crippen molar-refractivity contribution in [2.75, 3.05) is 6.61 Å². The SMILES string of the molecule is CC(C)(C)c1cn(C[C@H]2CCCO2)/c(=N/C(=N/C#N)N[C@H]2C[C@@H]3CC[C@H]2C3)s1. The predicted molar refractivity (Wildman–Crippen MR) is 111 cm³/mol. The summed E-state index contributed by atoms with van der Waals surface area (Å²) in [5.41, 5.74) is 0.0568. The van der Waals surface area contributed by atoms with Crippen molar-refractivity contribution < 1.29 is 4.74 Å². The largest absolute Gasteiger partial charge is 0.376 e. The monoisotopic (exact) mass is 401 g/mol. The molecule has 1 N–H and O–H groups in total. The van der Waals surface area contributed by atoms with Crippen LogP contribution in [0.2, 0.25) is 0 Å². The van der Waals surface area contributed by atoms with E-state index >= 15 is 0 Å². The molecule has 1 saturated heterocycles. The van der Waals surface area contributed by atoms with E-state index in [0.717, 1.165) is 36.7 Å². The third kappa shape index (κ3) is 4.33. The molecule has 2 aliphatic carbocycles. The summed E-state index contributed by atoms with van der Waals surface area (Å²) in [6, 6.07) is 0.406. The number of ether oxygens (including phenoxy) is 1. The highest BCUT2D eigenvalue weighted by atomic mass is 32.1. The molecule has 1 aromatic heterocycles. The quantitative estimate of drug-likeness (QED) is 0.478. The van der Waals surface area contributed by atoms with E-state index in [-0.39, 0.29) is 11.5 Å². The number of rotatable bonds is 3. The molecule has 2 bridgehead atoms. The number of aromatic nitrogens is 1. The van der Waals surface area contributed by atoms with E-state index in [2.05, 4.69) is 41.8 Å². The first-order valence-corrected chi connectivity index (χ1v) is 11.3. The van der Waals surface area contributed by atoms with Crippen molar-refractivity contribution in [1.82, 2.24) is 9.88 Å². The summed E-state index contributed by atoms with van der Waals surface area (Å²) in [6.45, 7) is 8.31. The van der Waals surface area contributed by atoms with Crippen LogP contribution in [0.25, 0.3) is 0 Å². The highest BCUT2D eigenvalue weighted by Gasteiger charge is 2.39. The van der Waals surface area contributed by atoms with Gasteiger partial charge in [0.1, 0.15) is 0 Å². The lowest BCUT2D eigenvalue weighted by atomic mass is 9.95. The van der Waals surface area contributed by atoms with Gasteiger partial charge >= 0.3 is 0 Å². The minimum atomic E-state index is 0.0568. The van der Waals surface area contributed by atoms with Crippen molar-refractivity contribution in [3.05, 3.63) is 15.9 Å². The number of nitrogens with zero attached hydrogens (tertiary/aromatic N) is 4. The Bertz CT molecular complexity index is 834. The molecular weight excluding hydrogens is 370 g/mol. The molecule has 152 valence electrons. The van der Waals surface area contributed by atoms with E-state index in [9.17, 15) is 5.26 Å². The van der Waals surface area contributed by atoms with Crippen LogP contribution in [0.3, 0.4) is 0 Å². The normalized spacial score (nSPS) is 30.8. The minimum Gasteiger partial charge on any atom is -0.376 e. The first kappa shape index (κ1) is 19.7. The lowest BCUT2D eigenvalue weighted by Gasteiger charge is -2.22.